The van der Waals surface area contributed by atoms with E-state index in [-0.39, 0.29) is 28.8 Å². The second kappa shape index (κ2) is 10.2. The van der Waals surface area contributed by atoms with Gasteiger partial charge >= 0.3 is 12.0 Å². The zero-order valence-corrected chi connectivity index (χ0v) is 16.9. The Morgan fingerprint density at radius 1 is 1.23 bits per heavy atom. The molecule has 2 aromatic rings. The van der Waals surface area contributed by atoms with Crippen molar-refractivity contribution in [1.82, 2.24) is 5.32 Å². The van der Waals surface area contributed by atoms with Crippen LogP contribution in [0.25, 0.3) is 0 Å². The molecule has 0 aliphatic heterocycles. The molecule has 11 heteroatoms. The number of hydrogen-bond donors (Lipinski definition) is 1. The molecule has 0 saturated carbocycles. The molecular formula is C19H19F3N2O5S. The van der Waals surface area contributed by atoms with Gasteiger partial charge in [-0.15, -0.1) is 24.9 Å². The predicted octanol–water partition coefficient (Wildman–Crippen LogP) is 4.61. The molecule has 162 valence electrons. The van der Waals surface area contributed by atoms with Crippen LogP contribution in [0, 0.1) is 10.1 Å². The fourth-order valence-electron chi connectivity index (χ4n) is 2.55. The third-order valence-electron chi connectivity index (χ3n) is 3.93. The van der Waals surface area contributed by atoms with Crippen LogP contribution in [0.2, 0.25) is 0 Å². The minimum Gasteiger partial charge on any atom is -0.490 e. The second-order valence-electron chi connectivity index (χ2n) is 6.16. The summed E-state index contributed by atoms with van der Waals surface area (Å²) in [4.78, 5) is 22.6. The maximum atomic E-state index is 12.2. The van der Waals surface area contributed by atoms with Gasteiger partial charge in [-0.05, 0) is 36.2 Å². The van der Waals surface area contributed by atoms with E-state index in [1.54, 1.807) is 13.0 Å². The van der Waals surface area contributed by atoms with Crippen molar-refractivity contribution in [2.75, 3.05) is 12.9 Å². The van der Waals surface area contributed by atoms with Gasteiger partial charge in [-0.3, -0.25) is 14.9 Å². The lowest BCUT2D eigenvalue weighted by Gasteiger charge is -2.15. The molecule has 1 amide bonds. The summed E-state index contributed by atoms with van der Waals surface area (Å²) in [5.74, 6) is 0.0437. The Kier molecular flexibility index (Phi) is 7.93. The highest BCUT2D eigenvalue weighted by Gasteiger charge is 2.31. The molecular weight excluding hydrogens is 425 g/mol. The van der Waals surface area contributed by atoms with Gasteiger partial charge in [-0.2, -0.15) is 0 Å². The molecule has 0 fully saturated rings. The van der Waals surface area contributed by atoms with Gasteiger partial charge in [-0.25, -0.2) is 0 Å². The van der Waals surface area contributed by atoms with Crippen molar-refractivity contribution in [3.05, 3.63) is 63.7 Å². The van der Waals surface area contributed by atoms with Crippen molar-refractivity contribution in [2.45, 2.75) is 25.1 Å². The van der Waals surface area contributed by atoms with E-state index in [1.807, 2.05) is 0 Å². The Bertz CT molecular complexity index is 891. The zero-order valence-electron chi connectivity index (χ0n) is 16.1. The summed E-state index contributed by atoms with van der Waals surface area (Å²) >= 11 is 1.27. The van der Waals surface area contributed by atoms with E-state index in [1.165, 1.54) is 55.3 Å². The summed E-state index contributed by atoms with van der Waals surface area (Å²) in [6.07, 6.45) is -4.76. The van der Waals surface area contributed by atoms with Crippen LogP contribution in [0.1, 0.15) is 24.1 Å². The summed E-state index contributed by atoms with van der Waals surface area (Å²) in [7, 11) is 1.35. The van der Waals surface area contributed by atoms with E-state index in [4.69, 9.17) is 4.74 Å². The zero-order chi connectivity index (χ0) is 22.3. The van der Waals surface area contributed by atoms with Crippen LogP contribution < -0.4 is 14.8 Å². The lowest BCUT2D eigenvalue weighted by molar-refractivity contribution is -0.385. The molecule has 0 heterocycles. The van der Waals surface area contributed by atoms with E-state index >= 15 is 0 Å². The van der Waals surface area contributed by atoms with Crippen molar-refractivity contribution < 1.29 is 32.4 Å². The van der Waals surface area contributed by atoms with Gasteiger partial charge in [-0.1, -0.05) is 18.2 Å². The van der Waals surface area contributed by atoms with Crippen LogP contribution >= 0.6 is 11.8 Å². The fourth-order valence-corrected chi connectivity index (χ4v) is 3.34. The van der Waals surface area contributed by atoms with Crippen molar-refractivity contribution >= 4 is 23.4 Å². The lowest BCUT2D eigenvalue weighted by Crippen LogP contribution is -2.28. The molecule has 2 rings (SSSR count). The van der Waals surface area contributed by atoms with Crippen LogP contribution in [0.15, 0.2) is 42.5 Å². The standard InChI is InChI=1S/C19H19F3N2O5S/c1-12(14-4-6-15(7-5-14)29-19(20,21)22)23-18(25)11-30-10-13-3-8-17(28-2)16(9-13)24(26)27/h3-9,12H,10-11H2,1-2H3,(H,23,25). The predicted molar refractivity (Wildman–Crippen MR) is 105 cm³/mol. The van der Waals surface area contributed by atoms with E-state index in [9.17, 15) is 28.1 Å². The van der Waals surface area contributed by atoms with Crippen LogP contribution in [0.5, 0.6) is 11.5 Å². The van der Waals surface area contributed by atoms with Crippen molar-refractivity contribution in [2.24, 2.45) is 0 Å². The maximum absolute atomic E-state index is 12.2. The molecule has 30 heavy (non-hydrogen) atoms. The number of carbonyl (C=O) groups is 1. The Morgan fingerprint density at radius 2 is 1.90 bits per heavy atom. The highest BCUT2D eigenvalue weighted by atomic mass is 32.2. The Hall–Kier alpha value is -2.95. The Labute approximate surface area is 174 Å². The van der Waals surface area contributed by atoms with Gasteiger partial charge in [0.05, 0.1) is 23.8 Å². The maximum Gasteiger partial charge on any atom is 0.573 e. The van der Waals surface area contributed by atoms with Gasteiger partial charge in [0.15, 0.2) is 5.75 Å². The number of hydrogen-bond acceptors (Lipinski definition) is 6. The minimum absolute atomic E-state index is 0.111. The first kappa shape index (κ1) is 23.3. The second-order valence-corrected chi connectivity index (χ2v) is 7.15. The Balaban J connectivity index is 1.84. The van der Waals surface area contributed by atoms with Gasteiger partial charge in [0.2, 0.25) is 5.91 Å². The van der Waals surface area contributed by atoms with Crippen molar-refractivity contribution in [1.29, 1.82) is 0 Å². The molecule has 0 aliphatic rings. The molecule has 0 spiro atoms. The number of nitro groups is 1. The van der Waals surface area contributed by atoms with Crippen molar-refractivity contribution in [3.63, 3.8) is 0 Å². The van der Waals surface area contributed by atoms with Crippen LogP contribution in [-0.4, -0.2) is 30.1 Å². The number of methoxy groups -OCH3 is 1. The van der Waals surface area contributed by atoms with E-state index in [2.05, 4.69) is 10.1 Å². The number of nitro benzene ring substituents is 1. The fraction of sp³-hybridized carbons (Fsp3) is 0.316. The number of nitrogens with one attached hydrogen (secondary N) is 1. The summed E-state index contributed by atoms with van der Waals surface area (Å²) < 4.78 is 45.3. The van der Waals surface area contributed by atoms with Gasteiger partial charge in [0.25, 0.3) is 0 Å². The molecule has 0 bridgehead atoms. The largest absolute Gasteiger partial charge is 0.573 e. The molecule has 7 nitrogen and oxygen atoms in total. The normalized spacial score (nSPS) is 12.2. The first-order chi connectivity index (χ1) is 14.1. The smallest absolute Gasteiger partial charge is 0.490 e. The molecule has 2 aromatic carbocycles. The number of nitrogens with zero attached hydrogens (tertiary/aromatic N) is 1. The minimum atomic E-state index is -4.76. The molecule has 0 aromatic heterocycles. The number of ether oxygens (including phenoxy) is 2. The average Bonchev–Trinajstić information content (AvgIpc) is 2.67. The molecule has 0 aliphatic carbocycles. The number of halogens is 3. The summed E-state index contributed by atoms with van der Waals surface area (Å²) in [6.45, 7) is 1.70. The number of carbonyl (C=O) groups excluding carboxylic acids is 1. The number of amides is 1. The SMILES string of the molecule is COc1ccc(CSCC(=O)NC(C)c2ccc(OC(F)(F)F)cc2)cc1[N+](=O)[O-]. The highest BCUT2D eigenvalue weighted by molar-refractivity contribution is 7.99. The molecule has 0 radical (unpaired) electrons. The first-order valence-electron chi connectivity index (χ1n) is 8.63. The van der Waals surface area contributed by atoms with Crippen LogP contribution in [-0.2, 0) is 10.5 Å². The van der Waals surface area contributed by atoms with Crippen LogP contribution in [0.3, 0.4) is 0 Å². The summed E-state index contributed by atoms with van der Waals surface area (Å²) in [6, 6.07) is 9.40. The van der Waals surface area contributed by atoms with Crippen molar-refractivity contribution in [3.8, 4) is 11.5 Å². The third-order valence-corrected chi connectivity index (χ3v) is 4.94. The van der Waals surface area contributed by atoms with E-state index in [0.717, 1.165) is 0 Å². The molecule has 1 atom stereocenters. The molecule has 1 unspecified atom stereocenters. The van der Waals surface area contributed by atoms with E-state index < -0.39 is 17.3 Å². The topological polar surface area (TPSA) is 90.7 Å². The van der Waals surface area contributed by atoms with Crippen LogP contribution in [0.4, 0.5) is 18.9 Å². The average molecular weight is 444 g/mol. The quantitative estimate of drug-likeness (QED) is 0.449. The first-order valence-corrected chi connectivity index (χ1v) is 9.78. The van der Waals surface area contributed by atoms with Gasteiger partial charge < -0.3 is 14.8 Å². The highest BCUT2D eigenvalue weighted by Crippen LogP contribution is 2.29. The number of thioether (sulfide) groups is 1. The van der Waals surface area contributed by atoms with Gasteiger partial charge in [0.1, 0.15) is 5.75 Å². The van der Waals surface area contributed by atoms with Gasteiger partial charge in [0, 0.05) is 11.8 Å². The number of rotatable bonds is 9. The Morgan fingerprint density at radius 3 is 2.47 bits per heavy atom. The van der Waals surface area contributed by atoms with E-state index in [0.29, 0.717) is 16.9 Å². The summed E-state index contributed by atoms with van der Waals surface area (Å²) in [5.41, 5.74) is 1.15. The number of alkyl halides is 3. The third kappa shape index (κ3) is 7.14. The molecule has 0 saturated heterocycles. The summed E-state index contributed by atoms with van der Waals surface area (Å²) in [5, 5.41) is 13.8. The monoisotopic (exact) mass is 444 g/mol. The molecule has 1 N–H and O–H groups in total. The number of benzene rings is 2. The lowest BCUT2D eigenvalue weighted by atomic mass is 10.1.